The van der Waals surface area contributed by atoms with Gasteiger partial charge in [-0.2, -0.15) is 0 Å². The minimum absolute atomic E-state index is 0.165. The van der Waals surface area contributed by atoms with Crippen molar-refractivity contribution >= 4 is 28.9 Å². The summed E-state index contributed by atoms with van der Waals surface area (Å²) >= 11 is 0. The molecule has 0 spiro atoms. The van der Waals surface area contributed by atoms with Crippen LogP contribution < -0.4 is 10.2 Å². The number of likely N-dealkylation sites (N-methyl/N-ethyl adjacent to an activating group) is 1. The van der Waals surface area contributed by atoms with Gasteiger partial charge in [0, 0.05) is 51.3 Å². The van der Waals surface area contributed by atoms with Crippen molar-refractivity contribution in [1.29, 1.82) is 0 Å². The van der Waals surface area contributed by atoms with Crippen molar-refractivity contribution in [2.45, 2.75) is 46.3 Å². The molecule has 162 valence electrons. The average molecular weight is 420 g/mol. The Balaban J connectivity index is 1.33. The van der Waals surface area contributed by atoms with Gasteiger partial charge in [0.1, 0.15) is 23.3 Å². The van der Waals surface area contributed by atoms with Gasteiger partial charge in [0.2, 0.25) is 17.8 Å². The summed E-state index contributed by atoms with van der Waals surface area (Å²) in [6.45, 7) is 14.2. The van der Waals surface area contributed by atoms with Crippen LogP contribution in [0.1, 0.15) is 39.0 Å². The number of hydrogen-bond acceptors (Lipinski definition) is 7. The first-order valence-corrected chi connectivity index (χ1v) is 11.3. The van der Waals surface area contributed by atoms with Crippen LogP contribution in [-0.2, 0) is 6.42 Å². The highest BCUT2D eigenvalue weighted by atomic mass is 15.3. The van der Waals surface area contributed by atoms with Crippen LogP contribution in [0.3, 0.4) is 0 Å². The van der Waals surface area contributed by atoms with Crippen LogP contribution in [0, 0.1) is 0 Å². The van der Waals surface area contributed by atoms with E-state index in [-0.39, 0.29) is 6.17 Å². The van der Waals surface area contributed by atoms with Crippen LogP contribution in [0.2, 0.25) is 0 Å². The summed E-state index contributed by atoms with van der Waals surface area (Å²) in [6, 6.07) is 4.51. The zero-order valence-corrected chi connectivity index (χ0v) is 18.8. The lowest BCUT2D eigenvalue weighted by Crippen LogP contribution is -2.46. The molecule has 1 aliphatic carbocycles. The van der Waals surface area contributed by atoms with Gasteiger partial charge in [-0.15, -0.1) is 0 Å². The van der Waals surface area contributed by atoms with Gasteiger partial charge in [0.15, 0.2) is 0 Å². The lowest BCUT2D eigenvalue weighted by Gasteiger charge is -2.35. The van der Waals surface area contributed by atoms with Crippen LogP contribution in [-0.4, -0.2) is 80.8 Å². The molecule has 5 rings (SSSR count). The normalized spacial score (nSPS) is 20.9. The van der Waals surface area contributed by atoms with E-state index >= 15 is 0 Å². The van der Waals surface area contributed by atoms with Crippen molar-refractivity contribution in [2.24, 2.45) is 4.99 Å². The molecular weight excluding hydrogens is 388 g/mol. The van der Waals surface area contributed by atoms with E-state index in [0.29, 0.717) is 12.0 Å². The number of piperazine rings is 1. The molecule has 3 aliphatic rings. The van der Waals surface area contributed by atoms with Crippen molar-refractivity contribution in [3.8, 4) is 0 Å². The van der Waals surface area contributed by atoms with Crippen molar-refractivity contribution in [2.75, 3.05) is 42.9 Å². The number of fused-ring (bicyclic) bond motifs is 3. The van der Waals surface area contributed by atoms with Crippen LogP contribution in [0.25, 0.3) is 0 Å². The predicted octanol–water partition coefficient (Wildman–Crippen LogP) is 2.32. The molecule has 4 heterocycles. The van der Waals surface area contributed by atoms with Crippen LogP contribution >= 0.6 is 0 Å². The quantitative estimate of drug-likeness (QED) is 0.750. The van der Waals surface area contributed by atoms with Gasteiger partial charge in [-0.1, -0.05) is 6.92 Å². The first kappa shape index (κ1) is 20.1. The summed E-state index contributed by atoms with van der Waals surface area (Å²) in [5, 5.41) is 3.28. The fourth-order valence-corrected chi connectivity index (χ4v) is 4.83. The van der Waals surface area contributed by atoms with E-state index < -0.39 is 0 Å². The Kier molecular flexibility index (Phi) is 5.17. The zero-order valence-electron chi connectivity index (χ0n) is 18.8. The van der Waals surface area contributed by atoms with E-state index in [0.717, 1.165) is 67.6 Å². The molecule has 0 bridgehead atoms. The lowest BCUT2D eigenvalue weighted by atomic mass is 10.2. The highest BCUT2D eigenvalue weighted by Crippen LogP contribution is 2.26. The van der Waals surface area contributed by atoms with Gasteiger partial charge in [-0.25, -0.2) is 24.5 Å². The molecular formula is C23H31N8+. The third-order valence-electron chi connectivity index (χ3n) is 6.45. The Morgan fingerprint density at radius 3 is 2.61 bits per heavy atom. The fraction of sp³-hybridized carbons (Fsp3) is 0.522. The second-order valence-electron chi connectivity index (χ2n) is 8.75. The summed E-state index contributed by atoms with van der Waals surface area (Å²) < 4.78 is 2.35. The minimum Gasteiger partial charge on any atom is -0.368 e. The maximum Gasteiger partial charge on any atom is 0.250 e. The Morgan fingerprint density at radius 1 is 1.13 bits per heavy atom. The van der Waals surface area contributed by atoms with Gasteiger partial charge in [-0.05, 0) is 32.5 Å². The molecule has 1 N–H and O–H groups in total. The molecule has 2 aromatic heterocycles. The largest absolute Gasteiger partial charge is 0.368 e. The molecule has 0 saturated carbocycles. The first-order chi connectivity index (χ1) is 15.0. The van der Waals surface area contributed by atoms with E-state index in [2.05, 4.69) is 63.4 Å². The highest BCUT2D eigenvalue weighted by Gasteiger charge is 2.42. The molecule has 0 amide bonds. The summed E-state index contributed by atoms with van der Waals surface area (Å²) in [4.78, 5) is 23.7. The highest BCUT2D eigenvalue weighted by molar-refractivity contribution is 6.50. The summed E-state index contributed by atoms with van der Waals surface area (Å²) in [7, 11) is 0. The molecule has 31 heavy (non-hydrogen) atoms. The molecule has 1 unspecified atom stereocenters. The zero-order chi connectivity index (χ0) is 21.5. The standard InChI is InChI=1S/C23H31N8/c1-5-29-8-10-30(11-9-29)18-6-7-20(24-14-18)27-23-25-13-17-12-19-22(21(17)28-23)31(15(2)3)16(4)26-19/h6-7,13-16H,5,8-12H2,1-4H3,(H,24,25,27,28)/q+1. The summed E-state index contributed by atoms with van der Waals surface area (Å²) in [5.74, 6) is 1.33. The number of anilines is 3. The van der Waals surface area contributed by atoms with Crippen LogP contribution in [0.15, 0.2) is 29.5 Å². The van der Waals surface area contributed by atoms with Crippen molar-refractivity contribution in [3.05, 3.63) is 35.8 Å². The van der Waals surface area contributed by atoms with E-state index in [9.17, 15) is 0 Å². The third-order valence-corrected chi connectivity index (χ3v) is 6.45. The second-order valence-corrected chi connectivity index (χ2v) is 8.75. The van der Waals surface area contributed by atoms with Gasteiger partial charge in [-0.3, -0.25) is 0 Å². The molecule has 2 aromatic rings. The molecule has 8 nitrogen and oxygen atoms in total. The van der Waals surface area contributed by atoms with Gasteiger partial charge in [0.05, 0.1) is 11.9 Å². The smallest absolute Gasteiger partial charge is 0.250 e. The average Bonchev–Trinajstić information content (AvgIpc) is 3.28. The third kappa shape index (κ3) is 3.69. The van der Waals surface area contributed by atoms with Crippen LogP contribution in [0.5, 0.6) is 0 Å². The summed E-state index contributed by atoms with van der Waals surface area (Å²) in [5.41, 5.74) is 5.61. The molecule has 1 atom stereocenters. The number of aromatic nitrogens is 3. The molecule has 1 saturated heterocycles. The Hall–Kier alpha value is -2.87. The number of hydrogen-bond donors (Lipinski definition) is 1. The van der Waals surface area contributed by atoms with E-state index in [4.69, 9.17) is 9.98 Å². The summed E-state index contributed by atoms with van der Waals surface area (Å²) in [6.07, 6.45) is 4.84. The fourth-order valence-electron chi connectivity index (χ4n) is 4.83. The topological polar surface area (TPSA) is 72.5 Å². The Bertz CT molecular complexity index is 1030. The SMILES string of the molecule is CCN1CCN(c2ccc(Nc3ncc4c(n3)C3=[N+](C(C)C)C(C)N=C3C4)nc2)CC1. The first-order valence-electron chi connectivity index (χ1n) is 11.3. The van der Waals surface area contributed by atoms with Crippen molar-refractivity contribution in [1.82, 2.24) is 19.9 Å². The van der Waals surface area contributed by atoms with E-state index in [1.165, 1.54) is 5.69 Å². The van der Waals surface area contributed by atoms with Gasteiger partial charge < -0.3 is 15.1 Å². The maximum atomic E-state index is 4.85. The number of aliphatic imine (C=N–C) groups is 1. The number of rotatable bonds is 5. The molecule has 1 fully saturated rings. The van der Waals surface area contributed by atoms with Gasteiger partial charge in [0.25, 0.3) is 0 Å². The monoisotopic (exact) mass is 419 g/mol. The molecule has 8 heteroatoms. The lowest BCUT2D eigenvalue weighted by molar-refractivity contribution is -0.584. The Labute approximate surface area is 183 Å². The predicted molar refractivity (Wildman–Crippen MR) is 124 cm³/mol. The van der Waals surface area contributed by atoms with E-state index in [1.54, 1.807) is 0 Å². The Morgan fingerprint density at radius 2 is 1.94 bits per heavy atom. The number of nitrogens with one attached hydrogen (secondary N) is 1. The van der Waals surface area contributed by atoms with E-state index in [1.807, 2.05) is 18.5 Å². The number of pyridine rings is 1. The maximum absolute atomic E-state index is 4.85. The second kappa shape index (κ2) is 8.00. The van der Waals surface area contributed by atoms with Gasteiger partial charge >= 0.3 is 0 Å². The van der Waals surface area contributed by atoms with Crippen LogP contribution in [0.4, 0.5) is 17.5 Å². The number of nitrogens with zero attached hydrogens (tertiary/aromatic N) is 7. The van der Waals surface area contributed by atoms with Crippen molar-refractivity contribution in [3.63, 3.8) is 0 Å². The molecule has 0 radical (unpaired) electrons. The molecule has 2 aliphatic heterocycles. The minimum atomic E-state index is 0.165. The van der Waals surface area contributed by atoms with Crippen molar-refractivity contribution < 1.29 is 4.58 Å². The molecule has 0 aromatic carbocycles.